The summed E-state index contributed by atoms with van der Waals surface area (Å²) in [5.74, 6) is -1.07. The predicted molar refractivity (Wildman–Crippen MR) is 114 cm³/mol. The number of fused-ring (bicyclic) bond motifs is 1. The van der Waals surface area contributed by atoms with Crippen LogP contribution >= 0.6 is 11.3 Å². The average Bonchev–Trinajstić information content (AvgIpc) is 3.07. The van der Waals surface area contributed by atoms with E-state index in [-0.39, 0.29) is 17.2 Å². The molecule has 2 heterocycles. The van der Waals surface area contributed by atoms with Crippen LogP contribution in [0.4, 0.5) is 4.39 Å². The molecule has 0 bridgehead atoms. The Kier molecular flexibility index (Phi) is 7.82. The molecule has 2 N–H and O–H groups in total. The summed E-state index contributed by atoms with van der Waals surface area (Å²) in [6.45, 7) is 5.50. The van der Waals surface area contributed by atoms with Crippen LogP contribution in [-0.4, -0.2) is 35.9 Å². The summed E-state index contributed by atoms with van der Waals surface area (Å²) >= 11 is 1.55. The van der Waals surface area contributed by atoms with Gasteiger partial charge >= 0.3 is 0 Å². The number of amides is 1. The van der Waals surface area contributed by atoms with E-state index in [0.717, 1.165) is 21.6 Å². The van der Waals surface area contributed by atoms with Gasteiger partial charge in [0.25, 0.3) is 11.8 Å². The molecule has 3 aromatic rings. The number of carbonyl (C=O) groups excluding carboxylic acids is 2. The van der Waals surface area contributed by atoms with Crippen molar-refractivity contribution < 1.29 is 23.5 Å². The fourth-order valence-electron chi connectivity index (χ4n) is 2.87. The molecule has 1 aromatic carbocycles. The van der Waals surface area contributed by atoms with Crippen molar-refractivity contribution in [1.29, 1.82) is 0 Å². The summed E-state index contributed by atoms with van der Waals surface area (Å²) in [6.07, 6.45) is 2.73. The molecule has 7 nitrogen and oxygen atoms in total. The van der Waals surface area contributed by atoms with Crippen LogP contribution in [-0.2, 0) is 0 Å². The zero-order valence-electron chi connectivity index (χ0n) is 17.5. The van der Waals surface area contributed by atoms with E-state index in [1.54, 1.807) is 25.4 Å². The number of primary amides is 1. The van der Waals surface area contributed by atoms with Crippen LogP contribution in [0.5, 0.6) is 11.6 Å². The number of methoxy groups -OCH3 is 2. The molecule has 2 aromatic heterocycles. The molecular formula is C21H24FN3O4S. The van der Waals surface area contributed by atoms with E-state index in [1.165, 1.54) is 13.3 Å². The lowest BCUT2D eigenvalue weighted by molar-refractivity contribution is 0.0976. The number of nitrogens with two attached hydrogens (primary N) is 1. The quantitative estimate of drug-likeness (QED) is 0.583. The van der Waals surface area contributed by atoms with Crippen LogP contribution in [0.15, 0.2) is 18.3 Å². The standard InChI is InChI=1S/C13H15NO2S.C8H9FN2O2/c1-4-5-10(15)12-11(16-3)7-6-9-13(12)17-8(2)14-9;1-4-3-11-8(13-2)6(9)5(4)7(10)12/h6-7H,4-5H2,1-3H3;3H,1-2H3,(H2,10,12). The van der Waals surface area contributed by atoms with E-state index >= 15 is 0 Å². The number of hydrogen-bond donors (Lipinski definition) is 1. The van der Waals surface area contributed by atoms with Crippen molar-refractivity contribution in [1.82, 2.24) is 9.97 Å². The monoisotopic (exact) mass is 433 g/mol. The molecular weight excluding hydrogens is 409 g/mol. The second-order valence-corrected chi connectivity index (χ2v) is 7.60. The van der Waals surface area contributed by atoms with Crippen molar-refractivity contribution in [3.63, 3.8) is 0 Å². The summed E-state index contributed by atoms with van der Waals surface area (Å²) in [5, 5.41) is 0.971. The summed E-state index contributed by atoms with van der Waals surface area (Å²) in [4.78, 5) is 31.0. The lowest BCUT2D eigenvalue weighted by atomic mass is 10.1. The first-order valence-electron chi connectivity index (χ1n) is 9.21. The van der Waals surface area contributed by atoms with E-state index in [9.17, 15) is 14.0 Å². The van der Waals surface area contributed by atoms with Crippen LogP contribution in [0.3, 0.4) is 0 Å². The Morgan fingerprint density at radius 1 is 1.17 bits per heavy atom. The van der Waals surface area contributed by atoms with E-state index in [4.69, 9.17) is 10.5 Å². The molecule has 0 aliphatic heterocycles. The van der Waals surface area contributed by atoms with Gasteiger partial charge in [-0.05, 0) is 38.0 Å². The van der Waals surface area contributed by atoms with E-state index < -0.39 is 11.7 Å². The Labute approximate surface area is 178 Å². The van der Waals surface area contributed by atoms with Crippen molar-refractivity contribution in [3.8, 4) is 11.6 Å². The molecule has 0 saturated carbocycles. The smallest absolute Gasteiger partial charge is 0.252 e. The number of aryl methyl sites for hydroxylation is 2. The maximum Gasteiger partial charge on any atom is 0.252 e. The second kappa shape index (κ2) is 10.1. The highest BCUT2D eigenvalue weighted by molar-refractivity contribution is 7.19. The summed E-state index contributed by atoms with van der Waals surface area (Å²) in [7, 11) is 2.86. The molecule has 1 amide bonds. The molecule has 0 saturated heterocycles. The van der Waals surface area contributed by atoms with Crippen molar-refractivity contribution >= 4 is 33.2 Å². The Balaban J connectivity index is 0.000000222. The molecule has 0 radical (unpaired) electrons. The molecule has 0 atom stereocenters. The minimum atomic E-state index is -0.823. The molecule has 0 fully saturated rings. The highest BCUT2D eigenvalue weighted by Gasteiger charge is 2.18. The van der Waals surface area contributed by atoms with Gasteiger partial charge in [0.2, 0.25) is 0 Å². The lowest BCUT2D eigenvalue weighted by Crippen LogP contribution is -2.16. The number of Topliss-reactive ketones (excluding diaryl/α,β-unsaturated/α-hetero) is 1. The van der Waals surface area contributed by atoms with Crippen LogP contribution in [0.25, 0.3) is 10.2 Å². The van der Waals surface area contributed by atoms with Gasteiger partial charge < -0.3 is 15.2 Å². The normalized spacial score (nSPS) is 10.3. The summed E-state index contributed by atoms with van der Waals surface area (Å²) < 4.78 is 24.1. The van der Waals surface area contributed by atoms with Gasteiger partial charge in [-0.15, -0.1) is 11.3 Å². The van der Waals surface area contributed by atoms with Crippen molar-refractivity contribution in [3.05, 3.63) is 45.8 Å². The molecule has 0 spiro atoms. The van der Waals surface area contributed by atoms with Crippen LogP contribution < -0.4 is 15.2 Å². The number of rotatable bonds is 6. The number of aromatic nitrogens is 2. The molecule has 3 rings (SSSR count). The number of ketones is 1. The van der Waals surface area contributed by atoms with Crippen molar-refractivity contribution in [2.24, 2.45) is 5.73 Å². The Bertz CT molecular complexity index is 1080. The molecule has 160 valence electrons. The maximum absolute atomic E-state index is 13.3. The van der Waals surface area contributed by atoms with E-state index in [2.05, 4.69) is 14.7 Å². The fraction of sp³-hybridized carbons (Fsp3) is 0.333. The second-order valence-electron chi connectivity index (χ2n) is 6.40. The predicted octanol–water partition coefficient (Wildman–Crippen LogP) is 4.23. The highest BCUT2D eigenvalue weighted by Crippen LogP contribution is 2.33. The Morgan fingerprint density at radius 3 is 2.43 bits per heavy atom. The number of pyridine rings is 1. The van der Waals surface area contributed by atoms with Gasteiger partial charge in [-0.1, -0.05) is 6.92 Å². The molecule has 0 aliphatic rings. The van der Waals surface area contributed by atoms with Gasteiger partial charge in [-0.2, -0.15) is 0 Å². The number of nitrogens with zero attached hydrogens (tertiary/aromatic N) is 2. The fourth-order valence-corrected chi connectivity index (χ4v) is 3.85. The van der Waals surface area contributed by atoms with Crippen molar-refractivity contribution in [2.75, 3.05) is 14.2 Å². The SMILES string of the molecule is CCCC(=O)c1c(OC)ccc2nc(C)sc12.COc1ncc(C)c(C(N)=O)c1F. The minimum Gasteiger partial charge on any atom is -0.496 e. The summed E-state index contributed by atoms with van der Waals surface area (Å²) in [6, 6.07) is 3.73. The van der Waals surface area contributed by atoms with Gasteiger partial charge in [0.1, 0.15) is 5.75 Å². The van der Waals surface area contributed by atoms with Crippen LogP contribution in [0.2, 0.25) is 0 Å². The van der Waals surface area contributed by atoms with Crippen molar-refractivity contribution in [2.45, 2.75) is 33.6 Å². The van der Waals surface area contributed by atoms with Gasteiger partial charge in [0.15, 0.2) is 11.6 Å². The topological polar surface area (TPSA) is 104 Å². The number of benzene rings is 1. The first-order chi connectivity index (χ1) is 14.2. The van der Waals surface area contributed by atoms with E-state index in [0.29, 0.717) is 23.3 Å². The molecule has 0 unspecified atom stereocenters. The van der Waals surface area contributed by atoms with Crippen LogP contribution in [0.1, 0.15) is 51.1 Å². The third-order valence-electron chi connectivity index (χ3n) is 4.22. The van der Waals surface area contributed by atoms with Gasteiger partial charge in [0.05, 0.1) is 40.6 Å². The largest absolute Gasteiger partial charge is 0.496 e. The first-order valence-corrected chi connectivity index (χ1v) is 10.0. The zero-order valence-corrected chi connectivity index (χ0v) is 18.4. The van der Waals surface area contributed by atoms with Gasteiger partial charge in [-0.3, -0.25) is 9.59 Å². The molecule has 0 aliphatic carbocycles. The zero-order chi connectivity index (χ0) is 22.4. The number of carbonyl (C=O) groups is 2. The van der Waals surface area contributed by atoms with E-state index in [1.807, 2.05) is 26.0 Å². The average molecular weight is 434 g/mol. The molecule has 9 heteroatoms. The number of thiazole rings is 1. The number of halogens is 1. The van der Waals surface area contributed by atoms with Crippen LogP contribution in [0, 0.1) is 19.7 Å². The third kappa shape index (κ3) is 4.91. The lowest BCUT2D eigenvalue weighted by Gasteiger charge is -2.07. The summed E-state index contributed by atoms with van der Waals surface area (Å²) in [5.41, 5.74) is 6.77. The van der Waals surface area contributed by atoms with Gasteiger partial charge in [-0.25, -0.2) is 14.4 Å². The Morgan fingerprint density at radius 2 is 1.87 bits per heavy atom. The number of ether oxygens (including phenoxy) is 2. The Hall–Kier alpha value is -3.07. The molecule has 30 heavy (non-hydrogen) atoms. The maximum atomic E-state index is 13.3. The first kappa shape index (κ1) is 23.2. The van der Waals surface area contributed by atoms with Gasteiger partial charge in [0, 0.05) is 12.6 Å². The third-order valence-corrected chi connectivity index (χ3v) is 5.22. The highest BCUT2D eigenvalue weighted by atomic mass is 32.1. The number of hydrogen-bond acceptors (Lipinski definition) is 7. The minimum absolute atomic E-state index is 0.138.